The second kappa shape index (κ2) is 6.86. The van der Waals surface area contributed by atoms with Crippen LogP contribution in [-0.2, 0) is 4.79 Å². The van der Waals surface area contributed by atoms with Gasteiger partial charge in [-0.2, -0.15) is 0 Å². The van der Waals surface area contributed by atoms with Crippen LogP contribution in [0.2, 0.25) is 0 Å². The summed E-state index contributed by atoms with van der Waals surface area (Å²) >= 11 is 0. The fraction of sp³-hybridized carbons (Fsp3) is 0.350. The summed E-state index contributed by atoms with van der Waals surface area (Å²) in [5.41, 5.74) is 1.60. The summed E-state index contributed by atoms with van der Waals surface area (Å²) in [5.74, 6) is 0.0273. The van der Waals surface area contributed by atoms with Crippen molar-refractivity contribution in [1.82, 2.24) is 14.8 Å². The van der Waals surface area contributed by atoms with E-state index >= 15 is 0 Å². The molecule has 2 atom stereocenters. The van der Waals surface area contributed by atoms with Gasteiger partial charge in [0.25, 0.3) is 5.91 Å². The number of benzene rings is 1. The maximum Gasteiger partial charge on any atom is 0.255 e. The molecule has 0 N–H and O–H groups in total. The van der Waals surface area contributed by atoms with Gasteiger partial charge in [0, 0.05) is 44.5 Å². The summed E-state index contributed by atoms with van der Waals surface area (Å²) in [6.07, 6.45) is 4.03. The standard InChI is InChI=1S/C20H20FN3O2/c21-16-5-3-14(4-6-16)17-12-18(17)20(26)24-10-8-23(9-11-24)19(25)15-2-1-7-22-13-15/h1-7,13,17-18H,8-12H2. The van der Waals surface area contributed by atoms with Crippen molar-refractivity contribution < 1.29 is 14.0 Å². The zero-order valence-electron chi connectivity index (χ0n) is 14.3. The highest BCUT2D eigenvalue weighted by Crippen LogP contribution is 2.48. The third kappa shape index (κ3) is 3.31. The predicted octanol–water partition coefficient (Wildman–Crippen LogP) is 2.31. The van der Waals surface area contributed by atoms with E-state index in [9.17, 15) is 14.0 Å². The maximum absolute atomic E-state index is 13.0. The molecule has 134 valence electrons. The lowest BCUT2D eigenvalue weighted by Crippen LogP contribution is -2.51. The van der Waals surface area contributed by atoms with Gasteiger partial charge in [-0.1, -0.05) is 12.1 Å². The van der Waals surface area contributed by atoms with Crippen LogP contribution >= 0.6 is 0 Å². The van der Waals surface area contributed by atoms with E-state index < -0.39 is 0 Å². The number of carbonyl (C=O) groups excluding carboxylic acids is 2. The van der Waals surface area contributed by atoms with Crippen molar-refractivity contribution in [2.45, 2.75) is 12.3 Å². The van der Waals surface area contributed by atoms with Crippen molar-refractivity contribution in [1.29, 1.82) is 0 Å². The van der Waals surface area contributed by atoms with E-state index in [0.717, 1.165) is 12.0 Å². The number of piperazine rings is 1. The van der Waals surface area contributed by atoms with Crippen LogP contribution in [0.5, 0.6) is 0 Å². The molecule has 1 aliphatic carbocycles. The molecule has 26 heavy (non-hydrogen) atoms. The molecule has 2 unspecified atom stereocenters. The van der Waals surface area contributed by atoms with Crippen molar-refractivity contribution in [3.8, 4) is 0 Å². The lowest BCUT2D eigenvalue weighted by atomic mass is 10.1. The third-order valence-electron chi connectivity index (χ3n) is 5.19. The van der Waals surface area contributed by atoms with Gasteiger partial charge in [-0.05, 0) is 42.2 Å². The highest BCUT2D eigenvalue weighted by Gasteiger charge is 2.46. The Morgan fingerprint density at radius 3 is 2.35 bits per heavy atom. The summed E-state index contributed by atoms with van der Waals surface area (Å²) in [6.45, 7) is 2.18. The van der Waals surface area contributed by atoms with E-state index in [1.807, 2.05) is 4.90 Å². The predicted molar refractivity (Wildman–Crippen MR) is 94.0 cm³/mol. The number of carbonyl (C=O) groups is 2. The minimum Gasteiger partial charge on any atom is -0.339 e. The molecule has 2 amide bonds. The first-order valence-electron chi connectivity index (χ1n) is 8.87. The van der Waals surface area contributed by atoms with Crippen LogP contribution in [0, 0.1) is 11.7 Å². The zero-order chi connectivity index (χ0) is 18.1. The van der Waals surface area contributed by atoms with Crippen LogP contribution in [0.4, 0.5) is 4.39 Å². The highest BCUT2D eigenvalue weighted by molar-refractivity contribution is 5.94. The maximum atomic E-state index is 13.0. The molecule has 0 bridgehead atoms. The molecule has 2 fully saturated rings. The van der Waals surface area contributed by atoms with Crippen molar-refractivity contribution in [3.05, 3.63) is 65.7 Å². The van der Waals surface area contributed by atoms with Crippen LogP contribution in [0.3, 0.4) is 0 Å². The van der Waals surface area contributed by atoms with Gasteiger partial charge in [-0.25, -0.2) is 4.39 Å². The molecule has 2 aliphatic rings. The minimum absolute atomic E-state index is 0.0129. The number of halogens is 1. The zero-order valence-corrected chi connectivity index (χ0v) is 14.3. The molecule has 6 heteroatoms. The number of hydrogen-bond acceptors (Lipinski definition) is 3. The van der Waals surface area contributed by atoms with Crippen LogP contribution in [0.1, 0.15) is 28.3 Å². The molecule has 1 saturated carbocycles. The summed E-state index contributed by atoms with van der Waals surface area (Å²) in [5, 5.41) is 0. The third-order valence-corrected chi connectivity index (χ3v) is 5.19. The molecule has 1 aromatic carbocycles. The van der Waals surface area contributed by atoms with Crippen LogP contribution in [0.15, 0.2) is 48.8 Å². The van der Waals surface area contributed by atoms with Gasteiger partial charge in [-0.3, -0.25) is 14.6 Å². The van der Waals surface area contributed by atoms with E-state index in [1.54, 1.807) is 41.6 Å². The Hall–Kier alpha value is -2.76. The smallest absolute Gasteiger partial charge is 0.255 e. The van der Waals surface area contributed by atoms with Crippen molar-refractivity contribution >= 4 is 11.8 Å². The first-order chi connectivity index (χ1) is 12.6. The Morgan fingerprint density at radius 2 is 1.69 bits per heavy atom. The van der Waals surface area contributed by atoms with Crippen LogP contribution in [-0.4, -0.2) is 52.8 Å². The van der Waals surface area contributed by atoms with Crippen LogP contribution < -0.4 is 0 Å². The molecule has 1 saturated heterocycles. The Labute approximate surface area is 151 Å². The summed E-state index contributed by atoms with van der Waals surface area (Å²) in [6, 6.07) is 9.91. The minimum atomic E-state index is -0.258. The van der Waals surface area contributed by atoms with E-state index in [0.29, 0.717) is 31.7 Å². The lowest BCUT2D eigenvalue weighted by Gasteiger charge is -2.35. The number of hydrogen-bond donors (Lipinski definition) is 0. The molecule has 5 nitrogen and oxygen atoms in total. The van der Waals surface area contributed by atoms with Gasteiger partial charge in [0.05, 0.1) is 5.56 Å². The first-order valence-corrected chi connectivity index (χ1v) is 8.87. The number of aromatic nitrogens is 1. The number of rotatable bonds is 3. The molecule has 2 aromatic rings. The Bertz CT molecular complexity index is 802. The van der Waals surface area contributed by atoms with Crippen molar-refractivity contribution in [3.63, 3.8) is 0 Å². The Kier molecular flexibility index (Phi) is 4.41. The molecular weight excluding hydrogens is 333 g/mol. The summed E-state index contributed by atoms with van der Waals surface area (Å²) in [7, 11) is 0. The SMILES string of the molecule is O=C(c1cccnc1)N1CCN(C(=O)C2CC2c2ccc(F)cc2)CC1. The molecular formula is C20H20FN3O2. The monoisotopic (exact) mass is 353 g/mol. The van der Waals surface area contributed by atoms with E-state index in [4.69, 9.17) is 0 Å². The van der Waals surface area contributed by atoms with Crippen molar-refractivity contribution in [2.24, 2.45) is 5.92 Å². The van der Waals surface area contributed by atoms with Gasteiger partial charge in [0.15, 0.2) is 0 Å². The summed E-state index contributed by atoms with van der Waals surface area (Å²) in [4.78, 5) is 32.7. The molecule has 4 rings (SSSR count). The van der Waals surface area contributed by atoms with E-state index in [2.05, 4.69) is 4.98 Å². The highest BCUT2D eigenvalue weighted by atomic mass is 19.1. The molecule has 0 radical (unpaired) electrons. The summed E-state index contributed by atoms with van der Waals surface area (Å²) < 4.78 is 13.0. The quantitative estimate of drug-likeness (QED) is 0.851. The van der Waals surface area contributed by atoms with Crippen LogP contribution in [0.25, 0.3) is 0 Å². The molecule has 1 aromatic heterocycles. The van der Waals surface area contributed by atoms with E-state index in [1.165, 1.54) is 12.1 Å². The lowest BCUT2D eigenvalue weighted by molar-refractivity contribution is -0.134. The fourth-order valence-electron chi connectivity index (χ4n) is 3.58. The van der Waals surface area contributed by atoms with Gasteiger partial charge in [0.1, 0.15) is 5.82 Å². The average Bonchev–Trinajstić information content (AvgIpc) is 3.49. The second-order valence-corrected chi connectivity index (χ2v) is 6.86. The first kappa shape index (κ1) is 16.7. The second-order valence-electron chi connectivity index (χ2n) is 6.86. The number of amides is 2. The normalized spacial score (nSPS) is 22.2. The Balaban J connectivity index is 1.32. The van der Waals surface area contributed by atoms with Gasteiger partial charge >= 0.3 is 0 Å². The average molecular weight is 353 g/mol. The largest absolute Gasteiger partial charge is 0.339 e. The number of pyridine rings is 1. The molecule has 2 heterocycles. The number of nitrogens with zero attached hydrogens (tertiary/aromatic N) is 3. The van der Waals surface area contributed by atoms with Gasteiger partial charge in [0.2, 0.25) is 5.91 Å². The molecule has 0 spiro atoms. The molecule has 1 aliphatic heterocycles. The van der Waals surface area contributed by atoms with E-state index in [-0.39, 0.29) is 29.5 Å². The van der Waals surface area contributed by atoms with Gasteiger partial charge in [-0.15, -0.1) is 0 Å². The topological polar surface area (TPSA) is 53.5 Å². The van der Waals surface area contributed by atoms with Crippen molar-refractivity contribution in [2.75, 3.05) is 26.2 Å². The fourth-order valence-corrected chi connectivity index (χ4v) is 3.58. The van der Waals surface area contributed by atoms with Gasteiger partial charge < -0.3 is 9.80 Å². The Morgan fingerprint density at radius 1 is 1.00 bits per heavy atom.